The first-order valence-electron chi connectivity index (χ1n) is 5.35. The molecule has 2 nitrogen and oxygen atoms in total. The van der Waals surface area contributed by atoms with E-state index in [-0.39, 0.29) is 0 Å². The summed E-state index contributed by atoms with van der Waals surface area (Å²) in [5.74, 6) is 0.758. The Bertz CT molecular complexity index is 521. The van der Waals surface area contributed by atoms with Crippen LogP contribution in [0.15, 0.2) is 35.4 Å². The van der Waals surface area contributed by atoms with Crippen LogP contribution in [0.5, 0.6) is 0 Å². The lowest BCUT2D eigenvalue weighted by atomic mass is 10.2. The molecular weight excluding hydrogens is 287 g/mol. The molecule has 0 aliphatic heterocycles. The van der Waals surface area contributed by atoms with E-state index in [0.717, 1.165) is 22.6 Å². The minimum atomic E-state index is 0.414. The van der Waals surface area contributed by atoms with Gasteiger partial charge in [0.2, 0.25) is 0 Å². The van der Waals surface area contributed by atoms with Crippen LogP contribution in [0.1, 0.15) is 11.1 Å². The van der Waals surface area contributed by atoms with Crippen molar-refractivity contribution >= 4 is 40.7 Å². The Morgan fingerprint density at radius 1 is 1.28 bits per heavy atom. The van der Waals surface area contributed by atoms with Crippen molar-refractivity contribution in [3.63, 3.8) is 0 Å². The fourth-order valence-corrected chi connectivity index (χ4v) is 3.04. The highest BCUT2D eigenvalue weighted by Gasteiger charge is 2.05. The molecule has 94 valence electrons. The summed E-state index contributed by atoms with van der Waals surface area (Å²) < 4.78 is 0. The monoisotopic (exact) mass is 298 g/mol. The summed E-state index contributed by atoms with van der Waals surface area (Å²) in [6.07, 6.45) is 1.71. The van der Waals surface area contributed by atoms with Gasteiger partial charge in [0, 0.05) is 27.6 Å². The van der Waals surface area contributed by atoms with Crippen LogP contribution >= 0.6 is 35.0 Å². The highest BCUT2D eigenvalue weighted by Crippen LogP contribution is 2.30. The molecule has 0 amide bonds. The first-order valence-corrected chi connectivity index (χ1v) is 7.09. The van der Waals surface area contributed by atoms with Gasteiger partial charge in [-0.25, -0.2) is 4.98 Å². The summed E-state index contributed by atoms with van der Waals surface area (Å²) in [5.41, 5.74) is 8.64. The number of nitrogens with two attached hydrogens (primary N) is 1. The molecule has 1 aromatic carbocycles. The molecule has 0 fully saturated rings. The summed E-state index contributed by atoms with van der Waals surface area (Å²) in [7, 11) is 0. The van der Waals surface area contributed by atoms with Gasteiger partial charge in [0.05, 0.1) is 0 Å². The minimum Gasteiger partial charge on any atom is -0.399 e. The molecule has 18 heavy (non-hydrogen) atoms. The summed E-state index contributed by atoms with van der Waals surface area (Å²) in [6.45, 7) is 2.04. The van der Waals surface area contributed by atoms with E-state index in [1.165, 1.54) is 4.90 Å². The second-order valence-electron chi connectivity index (χ2n) is 3.91. The standard InChI is InChI=1S/C13H12Cl2N2S/c1-8-4-10(16)2-3-12(8)18-7-9-6-17-13(15)5-11(9)14/h2-6H,7,16H2,1H3. The van der Waals surface area contributed by atoms with Crippen LogP contribution in [0.3, 0.4) is 0 Å². The third-order valence-corrected chi connectivity index (χ3v) is 4.26. The van der Waals surface area contributed by atoms with Crippen molar-refractivity contribution in [2.24, 2.45) is 0 Å². The maximum atomic E-state index is 6.10. The number of rotatable bonds is 3. The molecule has 0 unspecified atom stereocenters. The zero-order valence-electron chi connectivity index (χ0n) is 9.78. The van der Waals surface area contributed by atoms with Crippen LogP contribution in [0.25, 0.3) is 0 Å². The maximum absolute atomic E-state index is 6.10. The van der Waals surface area contributed by atoms with Gasteiger partial charge < -0.3 is 5.73 Å². The summed E-state index contributed by atoms with van der Waals surface area (Å²) in [6, 6.07) is 7.54. The fraction of sp³-hybridized carbons (Fsp3) is 0.154. The van der Waals surface area contributed by atoms with Gasteiger partial charge in [-0.15, -0.1) is 11.8 Å². The molecule has 1 heterocycles. The van der Waals surface area contributed by atoms with Crippen molar-refractivity contribution in [1.82, 2.24) is 4.98 Å². The Morgan fingerprint density at radius 3 is 2.72 bits per heavy atom. The SMILES string of the molecule is Cc1cc(N)ccc1SCc1cnc(Cl)cc1Cl. The second kappa shape index (κ2) is 5.83. The predicted molar refractivity (Wildman–Crippen MR) is 79.4 cm³/mol. The van der Waals surface area contributed by atoms with Crippen molar-refractivity contribution in [3.05, 3.63) is 51.8 Å². The summed E-state index contributed by atoms with van der Waals surface area (Å²) >= 11 is 13.6. The van der Waals surface area contributed by atoms with E-state index >= 15 is 0 Å². The van der Waals surface area contributed by atoms with Gasteiger partial charge in [0.1, 0.15) is 5.15 Å². The molecular formula is C13H12Cl2N2S. The van der Waals surface area contributed by atoms with Gasteiger partial charge in [-0.05, 0) is 42.3 Å². The molecule has 2 aromatic rings. The Hall–Kier alpha value is -0.900. The number of aromatic nitrogens is 1. The maximum Gasteiger partial charge on any atom is 0.130 e. The zero-order chi connectivity index (χ0) is 13.1. The molecule has 0 bridgehead atoms. The number of aryl methyl sites for hydroxylation is 1. The number of hydrogen-bond donors (Lipinski definition) is 1. The Labute approximate surface area is 121 Å². The fourth-order valence-electron chi connectivity index (χ4n) is 1.53. The number of nitrogen functional groups attached to an aromatic ring is 1. The van der Waals surface area contributed by atoms with Gasteiger partial charge >= 0.3 is 0 Å². The number of hydrogen-bond acceptors (Lipinski definition) is 3. The van der Waals surface area contributed by atoms with E-state index in [0.29, 0.717) is 10.2 Å². The quantitative estimate of drug-likeness (QED) is 0.512. The number of thioether (sulfide) groups is 1. The van der Waals surface area contributed by atoms with Crippen molar-refractivity contribution in [2.75, 3.05) is 5.73 Å². The molecule has 0 radical (unpaired) electrons. The Morgan fingerprint density at radius 2 is 2.06 bits per heavy atom. The average molecular weight is 299 g/mol. The summed E-state index contributed by atoms with van der Waals surface area (Å²) in [4.78, 5) is 5.23. The van der Waals surface area contributed by atoms with Crippen LogP contribution in [-0.2, 0) is 5.75 Å². The Kier molecular flexibility index (Phi) is 4.38. The van der Waals surface area contributed by atoms with E-state index in [4.69, 9.17) is 28.9 Å². The highest BCUT2D eigenvalue weighted by molar-refractivity contribution is 7.98. The number of nitrogens with zero attached hydrogens (tertiary/aromatic N) is 1. The van der Waals surface area contributed by atoms with Crippen molar-refractivity contribution < 1.29 is 0 Å². The van der Waals surface area contributed by atoms with Gasteiger partial charge in [0.15, 0.2) is 0 Å². The largest absolute Gasteiger partial charge is 0.399 e. The highest BCUT2D eigenvalue weighted by atomic mass is 35.5. The lowest BCUT2D eigenvalue weighted by Crippen LogP contribution is -1.89. The molecule has 0 saturated carbocycles. The number of anilines is 1. The molecule has 5 heteroatoms. The van der Waals surface area contributed by atoms with Gasteiger partial charge in [-0.3, -0.25) is 0 Å². The lowest BCUT2D eigenvalue weighted by Gasteiger charge is -2.07. The van der Waals surface area contributed by atoms with Crippen LogP contribution in [0.2, 0.25) is 10.2 Å². The zero-order valence-corrected chi connectivity index (χ0v) is 12.1. The van der Waals surface area contributed by atoms with Crippen LogP contribution < -0.4 is 5.73 Å². The van der Waals surface area contributed by atoms with Crippen LogP contribution in [0.4, 0.5) is 5.69 Å². The number of pyridine rings is 1. The van der Waals surface area contributed by atoms with Gasteiger partial charge in [0.25, 0.3) is 0 Å². The molecule has 0 aliphatic carbocycles. The number of halogens is 2. The van der Waals surface area contributed by atoms with Crippen molar-refractivity contribution in [1.29, 1.82) is 0 Å². The molecule has 0 aliphatic rings. The first kappa shape index (κ1) is 13.5. The van der Waals surface area contributed by atoms with Crippen molar-refractivity contribution in [2.45, 2.75) is 17.6 Å². The van der Waals surface area contributed by atoms with Crippen LogP contribution in [-0.4, -0.2) is 4.98 Å². The minimum absolute atomic E-state index is 0.414. The smallest absolute Gasteiger partial charge is 0.130 e. The predicted octanol–water partition coefficient (Wildman–Crippen LogP) is 4.57. The van der Waals surface area contributed by atoms with E-state index in [1.54, 1.807) is 24.0 Å². The topological polar surface area (TPSA) is 38.9 Å². The normalized spacial score (nSPS) is 10.6. The average Bonchev–Trinajstić information content (AvgIpc) is 2.30. The van der Waals surface area contributed by atoms with E-state index in [9.17, 15) is 0 Å². The molecule has 0 saturated heterocycles. The Balaban J connectivity index is 2.11. The first-order chi connectivity index (χ1) is 8.56. The van der Waals surface area contributed by atoms with Gasteiger partial charge in [-0.1, -0.05) is 23.2 Å². The van der Waals surface area contributed by atoms with E-state index in [1.807, 2.05) is 25.1 Å². The van der Waals surface area contributed by atoms with Crippen LogP contribution in [0, 0.1) is 6.92 Å². The van der Waals surface area contributed by atoms with E-state index in [2.05, 4.69) is 4.98 Å². The van der Waals surface area contributed by atoms with Crippen molar-refractivity contribution in [3.8, 4) is 0 Å². The summed E-state index contributed by atoms with van der Waals surface area (Å²) in [5, 5.41) is 1.06. The third-order valence-electron chi connectivity index (χ3n) is 2.48. The van der Waals surface area contributed by atoms with E-state index < -0.39 is 0 Å². The molecule has 0 atom stereocenters. The lowest BCUT2D eigenvalue weighted by molar-refractivity contribution is 1.24. The molecule has 2 N–H and O–H groups in total. The van der Waals surface area contributed by atoms with Gasteiger partial charge in [-0.2, -0.15) is 0 Å². The third kappa shape index (κ3) is 3.31. The molecule has 2 rings (SSSR count). The number of benzene rings is 1. The second-order valence-corrected chi connectivity index (χ2v) is 5.72. The molecule has 0 spiro atoms. The molecule has 1 aromatic heterocycles.